The lowest BCUT2D eigenvalue weighted by molar-refractivity contribution is -0.117. The first-order valence-corrected chi connectivity index (χ1v) is 7.44. The molecule has 6 heteroatoms. The number of hydrogen-bond acceptors (Lipinski definition) is 4. The quantitative estimate of drug-likeness (QED) is 0.885. The van der Waals surface area contributed by atoms with E-state index in [0.717, 1.165) is 43.8 Å². The molecule has 112 valence electrons. The molecule has 1 fully saturated rings. The first kappa shape index (κ1) is 14.0. The summed E-state index contributed by atoms with van der Waals surface area (Å²) in [5, 5.41) is 2.84. The van der Waals surface area contributed by atoms with E-state index in [4.69, 9.17) is 0 Å². The Morgan fingerprint density at radius 3 is 2.67 bits per heavy atom. The molecule has 0 atom stereocenters. The van der Waals surface area contributed by atoms with Gasteiger partial charge in [0.15, 0.2) is 0 Å². The standard InChI is InChI=1S/C15H21N5O/c1-2-19-7-9-20(10-8-19)11-14(21)18-15-16-12-5-3-4-6-13(12)17-15/h3-6H,2,7-11H2,1H3,(H2,16,17,18,21). The number of anilines is 1. The zero-order chi connectivity index (χ0) is 14.7. The Balaban J connectivity index is 1.54. The average Bonchev–Trinajstić information content (AvgIpc) is 2.90. The van der Waals surface area contributed by atoms with Gasteiger partial charge in [-0.2, -0.15) is 0 Å². The van der Waals surface area contributed by atoms with Crippen molar-refractivity contribution in [2.45, 2.75) is 6.92 Å². The molecule has 2 aromatic rings. The summed E-state index contributed by atoms with van der Waals surface area (Å²) in [5.41, 5.74) is 1.80. The number of nitrogens with zero attached hydrogens (tertiary/aromatic N) is 3. The van der Waals surface area contributed by atoms with Crippen LogP contribution in [-0.2, 0) is 4.79 Å². The minimum Gasteiger partial charge on any atom is -0.324 e. The van der Waals surface area contributed by atoms with Crippen molar-refractivity contribution in [2.75, 3.05) is 44.6 Å². The van der Waals surface area contributed by atoms with E-state index in [1.165, 1.54) is 0 Å². The molecule has 0 radical (unpaired) electrons. The molecule has 1 aliphatic rings. The number of carbonyl (C=O) groups is 1. The van der Waals surface area contributed by atoms with Gasteiger partial charge in [-0.1, -0.05) is 19.1 Å². The summed E-state index contributed by atoms with van der Waals surface area (Å²) in [7, 11) is 0. The third-order valence-corrected chi connectivity index (χ3v) is 3.93. The number of para-hydroxylation sites is 2. The van der Waals surface area contributed by atoms with Crippen molar-refractivity contribution >= 4 is 22.9 Å². The summed E-state index contributed by atoms with van der Waals surface area (Å²) in [5.74, 6) is 0.507. The second-order valence-electron chi connectivity index (χ2n) is 5.36. The molecule has 1 saturated heterocycles. The van der Waals surface area contributed by atoms with Crippen LogP contribution >= 0.6 is 0 Å². The molecule has 1 aliphatic heterocycles. The number of imidazole rings is 1. The maximum Gasteiger partial charge on any atom is 0.240 e. The molecule has 0 unspecified atom stereocenters. The van der Waals surface area contributed by atoms with Gasteiger partial charge in [-0.15, -0.1) is 0 Å². The number of H-pyrrole nitrogens is 1. The Hall–Kier alpha value is -1.92. The maximum atomic E-state index is 12.1. The van der Waals surface area contributed by atoms with Gasteiger partial charge in [-0.05, 0) is 18.7 Å². The fourth-order valence-electron chi connectivity index (χ4n) is 2.65. The van der Waals surface area contributed by atoms with Gasteiger partial charge in [0.25, 0.3) is 0 Å². The number of nitrogens with one attached hydrogen (secondary N) is 2. The summed E-state index contributed by atoms with van der Waals surface area (Å²) in [4.78, 5) is 24.1. The lowest BCUT2D eigenvalue weighted by Crippen LogP contribution is -2.48. The lowest BCUT2D eigenvalue weighted by Gasteiger charge is -2.33. The predicted octanol–water partition coefficient (Wildman–Crippen LogP) is 1.14. The van der Waals surface area contributed by atoms with E-state index >= 15 is 0 Å². The Morgan fingerprint density at radius 1 is 1.24 bits per heavy atom. The Bertz CT molecular complexity index is 582. The van der Waals surface area contributed by atoms with Gasteiger partial charge < -0.3 is 9.88 Å². The fourth-order valence-corrected chi connectivity index (χ4v) is 2.65. The summed E-state index contributed by atoms with van der Waals surface area (Å²) in [6.07, 6.45) is 0. The van der Waals surface area contributed by atoms with Gasteiger partial charge in [-0.3, -0.25) is 15.0 Å². The first-order valence-electron chi connectivity index (χ1n) is 7.44. The number of piperazine rings is 1. The highest BCUT2D eigenvalue weighted by molar-refractivity contribution is 5.92. The van der Waals surface area contributed by atoms with Crippen molar-refractivity contribution in [3.8, 4) is 0 Å². The first-order chi connectivity index (χ1) is 10.2. The largest absolute Gasteiger partial charge is 0.324 e. The van der Waals surface area contributed by atoms with Crippen LogP contribution in [0.15, 0.2) is 24.3 Å². The topological polar surface area (TPSA) is 64.3 Å². The van der Waals surface area contributed by atoms with E-state index in [0.29, 0.717) is 12.5 Å². The highest BCUT2D eigenvalue weighted by atomic mass is 16.2. The Kier molecular flexibility index (Phi) is 4.17. The van der Waals surface area contributed by atoms with Crippen LogP contribution in [0, 0.1) is 0 Å². The number of rotatable bonds is 4. The molecule has 3 rings (SSSR count). The van der Waals surface area contributed by atoms with Gasteiger partial charge in [-0.25, -0.2) is 4.98 Å². The summed E-state index contributed by atoms with van der Waals surface area (Å²) in [6, 6.07) is 7.74. The predicted molar refractivity (Wildman–Crippen MR) is 83.3 cm³/mol. The number of hydrogen-bond donors (Lipinski definition) is 2. The summed E-state index contributed by atoms with van der Waals surface area (Å²) < 4.78 is 0. The van der Waals surface area contributed by atoms with Gasteiger partial charge in [0, 0.05) is 26.2 Å². The number of likely N-dealkylation sites (N-methyl/N-ethyl adjacent to an activating group) is 1. The van der Waals surface area contributed by atoms with Crippen LogP contribution in [0.2, 0.25) is 0 Å². The molecule has 1 aromatic carbocycles. The molecule has 2 N–H and O–H groups in total. The summed E-state index contributed by atoms with van der Waals surface area (Å²) >= 11 is 0. The van der Waals surface area contributed by atoms with Gasteiger partial charge in [0.05, 0.1) is 17.6 Å². The minimum absolute atomic E-state index is 0.0148. The van der Waals surface area contributed by atoms with Gasteiger partial charge >= 0.3 is 0 Å². The normalized spacial score (nSPS) is 17.2. The molecule has 6 nitrogen and oxygen atoms in total. The molecule has 0 aliphatic carbocycles. The second kappa shape index (κ2) is 6.24. The highest BCUT2D eigenvalue weighted by Gasteiger charge is 2.18. The molecular weight excluding hydrogens is 266 g/mol. The second-order valence-corrected chi connectivity index (χ2v) is 5.36. The number of aromatic amines is 1. The third kappa shape index (κ3) is 3.40. The van der Waals surface area contributed by atoms with Crippen LogP contribution < -0.4 is 5.32 Å². The van der Waals surface area contributed by atoms with Crippen molar-refractivity contribution in [1.82, 2.24) is 19.8 Å². The molecular formula is C15H21N5O. The van der Waals surface area contributed by atoms with Crippen LogP contribution in [0.3, 0.4) is 0 Å². The van der Waals surface area contributed by atoms with E-state index < -0.39 is 0 Å². The van der Waals surface area contributed by atoms with E-state index in [1.807, 2.05) is 24.3 Å². The fraction of sp³-hybridized carbons (Fsp3) is 0.467. The van der Waals surface area contributed by atoms with Crippen molar-refractivity contribution in [3.63, 3.8) is 0 Å². The van der Waals surface area contributed by atoms with Crippen molar-refractivity contribution in [3.05, 3.63) is 24.3 Å². The van der Waals surface area contributed by atoms with Crippen molar-refractivity contribution in [2.24, 2.45) is 0 Å². The van der Waals surface area contributed by atoms with Crippen LogP contribution in [0.25, 0.3) is 11.0 Å². The van der Waals surface area contributed by atoms with Crippen LogP contribution in [0.1, 0.15) is 6.92 Å². The molecule has 0 bridgehead atoms. The molecule has 1 amide bonds. The molecule has 1 aromatic heterocycles. The van der Waals surface area contributed by atoms with Crippen LogP contribution in [0.5, 0.6) is 0 Å². The monoisotopic (exact) mass is 287 g/mol. The molecule has 0 spiro atoms. The number of carbonyl (C=O) groups excluding carboxylic acids is 1. The zero-order valence-electron chi connectivity index (χ0n) is 12.3. The Labute approximate surface area is 124 Å². The SMILES string of the molecule is CCN1CCN(CC(=O)Nc2nc3ccccc3[nH]2)CC1. The number of aromatic nitrogens is 2. The molecule has 2 heterocycles. The molecule has 0 saturated carbocycles. The van der Waals surface area contributed by atoms with E-state index in [2.05, 4.69) is 32.0 Å². The average molecular weight is 287 g/mol. The Morgan fingerprint density at radius 2 is 1.95 bits per heavy atom. The van der Waals surface area contributed by atoms with Crippen molar-refractivity contribution in [1.29, 1.82) is 0 Å². The maximum absolute atomic E-state index is 12.1. The van der Waals surface area contributed by atoms with Crippen LogP contribution in [0.4, 0.5) is 5.95 Å². The third-order valence-electron chi connectivity index (χ3n) is 3.93. The molecule has 21 heavy (non-hydrogen) atoms. The number of benzene rings is 1. The van der Waals surface area contributed by atoms with E-state index in [-0.39, 0.29) is 5.91 Å². The highest BCUT2D eigenvalue weighted by Crippen LogP contribution is 2.13. The minimum atomic E-state index is -0.0148. The number of fused-ring (bicyclic) bond motifs is 1. The van der Waals surface area contributed by atoms with E-state index in [1.54, 1.807) is 0 Å². The summed E-state index contributed by atoms with van der Waals surface area (Å²) in [6.45, 7) is 7.64. The lowest BCUT2D eigenvalue weighted by atomic mass is 10.3. The van der Waals surface area contributed by atoms with Gasteiger partial charge in [0.1, 0.15) is 0 Å². The van der Waals surface area contributed by atoms with Gasteiger partial charge in [0.2, 0.25) is 11.9 Å². The smallest absolute Gasteiger partial charge is 0.240 e. The van der Waals surface area contributed by atoms with E-state index in [9.17, 15) is 4.79 Å². The number of amides is 1. The zero-order valence-corrected chi connectivity index (χ0v) is 12.3. The van der Waals surface area contributed by atoms with Crippen LogP contribution in [-0.4, -0.2) is 64.9 Å². The van der Waals surface area contributed by atoms with Crippen molar-refractivity contribution < 1.29 is 4.79 Å².